The molecule has 1 N–H and O–H groups in total. The summed E-state index contributed by atoms with van der Waals surface area (Å²) in [5.41, 5.74) is 4.43. The number of benzene rings is 1. The first-order chi connectivity index (χ1) is 11.4. The minimum Gasteiger partial charge on any atom is -0.390 e. The third-order valence-corrected chi connectivity index (χ3v) is 4.83. The Bertz CT molecular complexity index is 558. The zero-order chi connectivity index (χ0) is 17.6. The smallest absolute Gasteiger partial charge is 0.164 e. The molecule has 1 aliphatic heterocycles. The van der Waals surface area contributed by atoms with E-state index >= 15 is 0 Å². The Balaban J connectivity index is 1.87. The summed E-state index contributed by atoms with van der Waals surface area (Å²) in [5, 5.41) is 10.5. The van der Waals surface area contributed by atoms with Crippen molar-refractivity contribution in [2.24, 2.45) is 5.92 Å². The molecule has 4 atom stereocenters. The highest BCUT2D eigenvalue weighted by Gasteiger charge is 2.43. The first-order valence-electron chi connectivity index (χ1n) is 8.39. The van der Waals surface area contributed by atoms with Crippen LogP contribution >= 0.6 is 0 Å². The second kappa shape index (κ2) is 8.79. The van der Waals surface area contributed by atoms with Crippen molar-refractivity contribution < 1.29 is 19.3 Å². The molecule has 0 radical (unpaired) electrons. The minimum atomic E-state index is -1.41. The second-order valence-corrected chi connectivity index (χ2v) is 11.9. The van der Waals surface area contributed by atoms with Crippen LogP contribution in [0.2, 0.25) is 19.6 Å². The van der Waals surface area contributed by atoms with E-state index in [9.17, 15) is 5.11 Å². The van der Waals surface area contributed by atoms with Crippen molar-refractivity contribution >= 4 is 8.07 Å². The van der Waals surface area contributed by atoms with Gasteiger partial charge in [0.25, 0.3) is 0 Å². The maximum atomic E-state index is 10.5. The van der Waals surface area contributed by atoms with E-state index in [-0.39, 0.29) is 12.0 Å². The highest BCUT2D eigenvalue weighted by Crippen LogP contribution is 2.30. The average Bonchev–Trinajstić information content (AvgIpc) is 2.84. The zero-order valence-electron chi connectivity index (χ0n) is 15.0. The normalized spacial score (nSPS) is 26.9. The predicted octanol–water partition coefficient (Wildman–Crippen LogP) is 2.82. The molecule has 0 saturated carbocycles. The number of rotatable bonds is 6. The fourth-order valence-corrected chi connectivity index (χ4v) is 3.31. The van der Waals surface area contributed by atoms with E-state index in [1.165, 1.54) is 0 Å². The molecule has 1 saturated heterocycles. The number of hydrogen-bond donors (Lipinski definition) is 1. The molecule has 24 heavy (non-hydrogen) atoms. The molecule has 0 spiro atoms. The van der Waals surface area contributed by atoms with Crippen LogP contribution in [-0.2, 0) is 20.8 Å². The molecular weight excluding hydrogens is 320 g/mol. The van der Waals surface area contributed by atoms with Crippen molar-refractivity contribution in [2.45, 2.75) is 51.2 Å². The summed E-state index contributed by atoms with van der Waals surface area (Å²) in [7, 11) is 0.193. The van der Waals surface area contributed by atoms with Gasteiger partial charge in [-0.1, -0.05) is 50.0 Å². The molecule has 0 aromatic heterocycles. The van der Waals surface area contributed by atoms with Crippen LogP contribution < -0.4 is 0 Å². The molecular formula is C19H28O4Si. The van der Waals surface area contributed by atoms with Crippen molar-refractivity contribution in [1.29, 1.82) is 0 Å². The summed E-state index contributed by atoms with van der Waals surface area (Å²) in [5.74, 6) is 3.08. The molecule has 2 rings (SSSR count). The van der Waals surface area contributed by atoms with Gasteiger partial charge < -0.3 is 19.3 Å². The summed E-state index contributed by atoms with van der Waals surface area (Å²) in [6.45, 7) is 7.46. The Labute approximate surface area is 146 Å². The number of aliphatic hydroxyl groups is 1. The van der Waals surface area contributed by atoms with Crippen LogP contribution in [0, 0.1) is 17.4 Å². The first-order valence-corrected chi connectivity index (χ1v) is 11.9. The van der Waals surface area contributed by atoms with Gasteiger partial charge in [-0.25, -0.2) is 0 Å². The van der Waals surface area contributed by atoms with E-state index in [0.29, 0.717) is 19.6 Å². The Morgan fingerprint density at radius 2 is 1.92 bits per heavy atom. The van der Waals surface area contributed by atoms with Crippen molar-refractivity contribution in [2.75, 3.05) is 13.7 Å². The van der Waals surface area contributed by atoms with Crippen LogP contribution in [0.1, 0.15) is 12.0 Å². The molecule has 4 nitrogen and oxygen atoms in total. The zero-order valence-corrected chi connectivity index (χ0v) is 16.0. The van der Waals surface area contributed by atoms with E-state index < -0.39 is 20.5 Å². The molecule has 1 fully saturated rings. The molecule has 1 heterocycles. The molecule has 0 aliphatic carbocycles. The highest BCUT2D eigenvalue weighted by molar-refractivity contribution is 6.83. The molecule has 0 unspecified atom stereocenters. The van der Waals surface area contributed by atoms with Gasteiger partial charge in [0.05, 0.1) is 19.3 Å². The van der Waals surface area contributed by atoms with Crippen LogP contribution in [0.4, 0.5) is 0 Å². The molecule has 1 aromatic rings. The lowest BCUT2D eigenvalue weighted by atomic mass is 9.98. The van der Waals surface area contributed by atoms with Gasteiger partial charge in [-0.3, -0.25) is 0 Å². The summed E-state index contributed by atoms with van der Waals surface area (Å²) in [6, 6.07) is 9.96. The van der Waals surface area contributed by atoms with E-state index in [1.54, 1.807) is 7.11 Å². The Hall–Kier alpha value is -1.16. The maximum Gasteiger partial charge on any atom is 0.164 e. The Morgan fingerprint density at radius 3 is 2.54 bits per heavy atom. The summed E-state index contributed by atoms with van der Waals surface area (Å²) >= 11 is 0. The van der Waals surface area contributed by atoms with Crippen LogP contribution in [0.5, 0.6) is 0 Å². The Kier molecular flexibility index (Phi) is 7.02. The van der Waals surface area contributed by atoms with E-state index in [4.69, 9.17) is 14.2 Å². The Morgan fingerprint density at radius 1 is 1.21 bits per heavy atom. The van der Waals surface area contributed by atoms with Crippen LogP contribution in [0.25, 0.3) is 0 Å². The van der Waals surface area contributed by atoms with Crippen molar-refractivity contribution in [3.05, 3.63) is 35.9 Å². The highest BCUT2D eigenvalue weighted by atomic mass is 28.3. The van der Waals surface area contributed by atoms with Gasteiger partial charge in [-0.15, -0.1) is 11.5 Å². The lowest BCUT2D eigenvalue weighted by Gasteiger charge is -2.16. The standard InChI is InChI=1S/C19H28O4Si/c1-21-19-16(11-8-12-24(2,3)4)18(20)17(23-19)14-22-13-15-9-6-5-7-10-15/h5-7,9-10,16-20H,11,13-14H2,1-4H3/t16-,17+,18-,19-/m0/s1. The van der Waals surface area contributed by atoms with Gasteiger partial charge in [-0.05, 0) is 5.56 Å². The van der Waals surface area contributed by atoms with Crippen molar-refractivity contribution in [3.63, 3.8) is 0 Å². The molecule has 0 bridgehead atoms. The predicted molar refractivity (Wildman–Crippen MR) is 97.0 cm³/mol. The fraction of sp³-hybridized carbons (Fsp3) is 0.579. The number of hydrogen-bond acceptors (Lipinski definition) is 4. The van der Waals surface area contributed by atoms with Gasteiger partial charge in [0.15, 0.2) is 6.29 Å². The molecule has 132 valence electrons. The summed E-state index contributed by atoms with van der Waals surface area (Å²) in [6.07, 6.45) is -0.848. The topological polar surface area (TPSA) is 47.9 Å². The van der Waals surface area contributed by atoms with Crippen LogP contribution in [-0.4, -0.2) is 45.4 Å². The number of aliphatic hydroxyl groups excluding tert-OH is 1. The number of ether oxygens (including phenoxy) is 3. The lowest BCUT2D eigenvalue weighted by molar-refractivity contribution is -0.143. The SMILES string of the molecule is CO[C@H]1O[C@H](COCc2ccccc2)[C@@H](O)[C@@H]1CC#C[Si](C)(C)C. The van der Waals surface area contributed by atoms with E-state index in [2.05, 4.69) is 31.1 Å². The van der Waals surface area contributed by atoms with Gasteiger partial charge in [0.2, 0.25) is 0 Å². The van der Waals surface area contributed by atoms with E-state index in [0.717, 1.165) is 5.56 Å². The first kappa shape index (κ1) is 19.2. The quantitative estimate of drug-likeness (QED) is 0.634. The summed E-state index contributed by atoms with van der Waals surface area (Å²) in [4.78, 5) is 0. The van der Waals surface area contributed by atoms with Crippen LogP contribution in [0.15, 0.2) is 30.3 Å². The molecule has 0 amide bonds. The maximum absolute atomic E-state index is 10.5. The largest absolute Gasteiger partial charge is 0.390 e. The molecule has 1 aromatic carbocycles. The minimum absolute atomic E-state index is 0.135. The third-order valence-electron chi connectivity index (χ3n) is 3.91. The van der Waals surface area contributed by atoms with Crippen molar-refractivity contribution in [3.8, 4) is 11.5 Å². The fourth-order valence-electron chi connectivity index (χ4n) is 2.68. The lowest BCUT2D eigenvalue weighted by Crippen LogP contribution is -2.31. The van der Waals surface area contributed by atoms with E-state index in [1.807, 2.05) is 30.3 Å². The van der Waals surface area contributed by atoms with Gasteiger partial charge in [0, 0.05) is 19.4 Å². The third kappa shape index (κ3) is 5.73. The van der Waals surface area contributed by atoms with Crippen molar-refractivity contribution in [1.82, 2.24) is 0 Å². The second-order valence-electron chi connectivity index (χ2n) is 7.19. The monoisotopic (exact) mass is 348 g/mol. The summed E-state index contributed by atoms with van der Waals surface area (Å²) < 4.78 is 16.9. The number of methoxy groups -OCH3 is 1. The van der Waals surface area contributed by atoms with Gasteiger partial charge in [0.1, 0.15) is 14.2 Å². The van der Waals surface area contributed by atoms with Crippen LogP contribution in [0.3, 0.4) is 0 Å². The molecule has 1 aliphatic rings. The van der Waals surface area contributed by atoms with Gasteiger partial charge in [-0.2, -0.15) is 0 Å². The average molecular weight is 349 g/mol. The molecule has 5 heteroatoms. The van der Waals surface area contributed by atoms with Gasteiger partial charge >= 0.3 is 0 Å².